The highest BCUT2D eigenvalue weighted by atomic mass is 32.2. The summed E-state index contributed by atoms with van der Waals surface area (Å²) in [4.78, 5) is 0. The van der Waals surface area contributed by atoms with Gasteiger partial charge in [-0.3, -0.25) is 0 Å². The van der Waals surface area contributed by atoms with Crippen molar-refractivity contribution < 1.29 is 8.42 Å². The van der Waals surface area contributed by atoms with Crippen LogP contribution in [0.1, 0.15) is 60.8 Å². The highest BCUT2D eigenvalue weighted by Crippen LogP contribution is 1.98. The molecule has 0 N–H and O–H groups in total. The Bertz CT molecular complexity index is 452. The van der Waals surface area contributed by atoms with Gasteiger partial charge in [-0.1, -0.05) is 68.9 Å². The van der Waals surface area contributed by atoms with Crippen LogP contribution in [0.2, 0.25) is 0 Å². The van der Waals surface area contributed by atoms with E-state index in [1.807, 2.05) is 20.8 Å². The summed E-state index contributed by atoms with van der Waals surface area (Å²) in [5.41, 5.74) is 3.65. The predicted octanol–water partition coefficient (Wildman–Crippen LogP) is 5.89. The van der Waals surface area contributed by atoms with Gasteiger partial charge in [0.25, 0.3) is 0 Å². The van der Waals surface area contributed by atoms with E-state index >= 15 is 0 Å². The van der Waals surface area contributed by atoms with Gasteiger partial charge in [-0.05, 0) is 40.0 Å². The highest BCUT2D eigenvalue weighted by Gasteiger charge is 1.96. The fourth-order valence-corrected chi connectivity index (χ4v) is 1.52. The van der Waals surface area contributed by atoms with Crippen LogP contribution in [-0.2, 0) is 9.84 Å². The molecule has 0 aliphatic heterocycles. The Labute approximate surface area is 139 Å². The zero-order valence-electron chi connectivity index (χ0n) is 15.7. The van der Waals surface area contributed by atoms with Crippen LogP contribution in [-0.4, -0.2) is 20.4 Å². The lowest BCUT2D eigenvalue weighted by atomic mass is 10.2. The smallest absolute Gasteiger partial charge is 0.151 e. The third-order valence-corrected chi connectivity index (χ3v) is 3.52. The molecule has 0 radical (unpaired) electrons. The van der Waals surface area contributed by atoms with E-state index in [2.05, 4.69) is 40.0 Å². The van der Waals surface area contributed by atoms with Gasteiger partial charge in [-0.15, -0.1) is 0 Å². The Morgan fingerprint density at radius 2 is 1.32 bits per heavy atom. The van der Waals surface area contributed by atoms with E-state index in [0.717, 1.165) is 17.6 Å². The van der Waals surface area contributed by atoms with Crippen LogP contribution in [0.25, 0.3) is 0 Å². The Hall–Kier alpha value is -1.09. The molecule has 0 spiro atoms. The minimum absolute atomic E-state index is 0.173. The monoisotopic (exact) mass is 328 g/mol. The van der Waals surface area contributed by atoms with Crippen LogP contribution in [0.3, 0.4) is 0 Å². The summed E-state index contributed by atoms with van der Waals surface area (Å²) in [7, 11) is -2.81. The first-order valence-electron chi connectivity index (χ1n) is 7.80. The van der Waals surface area contributed by atoms with Crippen LogP contribution < -0.4 is 0 Å². The molecule has 0 aromatic rings. The van der Waals surface area contributed by atoms with Gasteiger partial charge in [-0.25, -0.2) is 8.42 Å². The zero-order chi connectivity index (χ0) is 18.2. The van der Waals surface area contributed by atoms with Crippen LogP contribution >= 0.6 is 0 Å². The van der Waals surface area contributed by atoms with Gasteiger partial charge in [0.2, 0.25) is 0 Å². The second-order valence-electron chi connectivity index (χ2n) is 5.36. The van der Waals surface area contributed by atoms with E-state index in [0.29, 0.717) is 0 Å². The normalized spacial score (nSPS) is 11.6. The number of sulfone groups is 1. The molecule has 0 aromatic heterocycles. The summed E-state index contributed by atoms with van der Waals surface area (Å²) >= 11 is 0. The largest absolute Gasteiger partial charge is 0.229 e. The highest BCUT2D eigenvalue weighted by molar-refractivity contribution is 7.90. The summed E-state index contributed by atoms with van der Waals surface area (Å²) in [6.07, 6.45) is 10.3. The Kier molecular flexibility index (Phi) is 19.1. The number of rotatable bonds is 6. The summed E-state index contributed by atoms with van der Waals surface area (Å²) in [5, 5.41) is 0. The third-order valence-electron chi connectivity index (χ3n) is 2.75. The lowest BCUT2D eigenvalue weighted by Gasteiger charge is -1.93. The minimum Gasteiger partial charge on any atom is -0.229 e. The van der Waals surface area contributed by atoms with Crippen LogP contribution in [0.5, 0.6) is 0 Å². The first-order valence-corrected chi connectivity index (χ1v) is 9.86. The van der Waals surface area contributed by atoms with Crippen molar-refractivity contribution in [1.82, 2.24) is 0 Å². The van der Waals surface area contributed by atoms with E-state index in [9.17, 15) is 8.42 Å². The topological polar surface area (TPSA) is 34.1 Å². The number of hydrogen-bond acceptors (Lipinski definition) is 2. The quantitative estimate of drug-likeness (QED) is 0.450. The van der Waals surface area contributed by atoms with E-state index in [-0.39, 0.29) is 5.75 Å². The van der Waals surface area contributed by atoms with E-state index in [4.69, 9.17) is 0 Å². The number of allylic oxidation sites excluding steroid dienone is 5. The molecule has 0 aliphatic rings. The van der Waals surface area contributed by atoms with Crippen molar-refractivity contribution in [1.29, 1.82) is 0 Å². The second-order valence-corrected chi connectivity index (χ2v) is 7.54. The fourth-order valence-electron chi connectivity index (χ4n) is 0.931. The lowest BCUT2D eigenvalue weighted by Crippen LogP contribution is -1.99. The van der Waals surface area contributed by atoms with Gasteiger partial charge < -0.3 is 0 Å². The molecule has 0 unspecified atom stereocenters. The van der Waals surface area contributed by atoms with Crippen LogP contribution in [0.4, 0.5) is 0 Å². The van der Waals surface area contributed by atoms with Crippen molar-refractivity contribution in [2.24, 2.45) is 0 Å². The first kappa shape index (κ1) is 25.8. The molecule has 0 aliphatic carbocycles. The molecular formula is C19H36O2S. The SMILES string of the molecule is C=CC(=C)C.CCC(C)=CCS(C)(=O)=O.CCC=C(C)CC. The summed E-state index contributed by atoms with van der Waals surface area (Å²) in [6.45, 7) is 19.4. The molecule has 0 atom stereocenters. The van der Waals surface area contributed by atoms with Crippen LogP contribution in [0, 0.1) is 0 Å². The first-order chi connectivity index (χ1) is 10.0. The van der Waals surface area contributed by atoms with Crippen molar-refractivity contribution >= 4 is 9.84 Å². The summed E-state index contributed by atoms with van der Waals surface area (Å²) in [6, 6.07) is 0. The molecule has 0 heterocycles. The lowest BCUT2D eigenvalue weighted by molar-refractivity contribution is 0.604. The van der Waals surface area contributed by atoms with Crippen molar-refractivity contribution in [2.45, 2.75) is 60.8 Å². The molecule has 2 nitrogen and oxygen atoms in total. The fraction of sp³-hybridized carbons (Fsp3) is 0.579. The molecular weight excluding hydrogens is 292 g/mol. The molecule has 0 fully saturated rings. The predicted molar refractivity (Wildman–Crippen MR) is 103 cm³/mol. The Morgan fingerprint density at radius 1 is 0.955 bits per heavy atom. The van der Waals surface area contributed by atoms with Gasteiger partial charge in [0, 0.05) is 6.26 Å². The van der Waals surface area contributed by atoms with E-state index in [1.54, 1.807) is 12.2 Å². The van der Waals surface area contributed by atoms with Crippen molar-refractivity contribution in [2.75, 3.05) is 12.0 Å². The maximum absolute atomic E-state index is 10.6. The molecule has 0 amide bonds. The van der Waals surface area contributed by atoms with Gasteiger partial charge in [0.15, 0.2) is 9.84 Å². The zero-order valence-corrected chi connectivity index (χ0v) is 16.5. The van der Waals surface area contributed by atoms with Crippen molar-refractivity contribution in [3.05, 3.63) is 48.1 Å². The molecule has 0 saturated carbocycles. The minimum atomic E-state index is -2.81. The van der Waals surface area contributed by atoms with E-state index in [1.165, 1.54) is 24.7 Å². The van der Waals surface area contributed by atoms with Crippen molar-refractivity contribution in [3.63, 3.8) is 0 Å². The molecule has 0 rings (SSSR count). The van der Waals surface area contributed by atoms with Gasteiger partial charge >= 0.3 is 0 Å². The van der Waals surface area contributed by atoms with Crippen LogP contribution in [0.15, 0.2) is 48.1 Å². The molecule has 0 saturated heterocycles. The summed E-state index contributed by atoms with van der Waals surface area (Å²) in [5.74, 6) is 0.173. The van der Waals surface area contributed by atoms with E-state index < -0.39 is 9.84 Å². The van der Waals surface area contributed by atoms with Gasteiger partial charge in [0.05, 0.1) is 5.75 Å². The molecule has 0 bridgehead atoms. The third kappa shape index (κ3) is 31.3. The van der Waals surface area contributed by atoms with Crippen molar-refractivity contribution in [3.8, 4) is 0 Å². The van der Waals surface area contributed by atoms with Gasteiger partial charge in [-0.2, -0.15) is 0 Å². The average molecular weight is 329 g/mol. The molecule has 3 heteroatoms. The summed E-state index contributed by atoms with van der Waals surface area (Å²) < 4.78 is 21.2. The number of hydrogen-bond donors (Lipinski definition) is 0. The van der Waals surface area contributed by atoms with Gasteiger partial charge in [0.1, 0.15) is 0 Å². The average Bonchev–Trinajstić information content (AvgIpc) is 2.45. The molecule has 22 heavy (non-hydrogen) atoms. The standard InChI is InChI=1S/C7H14O2S.C7H14.C5H8/c1-4-7(2)5-6-10(3,8)9;1-4-6-7(3)5-2;1-4-5(2)3/h5H,4,6H2,1-3H3;6H,4-5H2,1-3H3;4H,1-2H2,3H3. The Balaban J connectivity index is -0.000000263. The maximum Gasteiger partial charge on any atom is 0.151 e. The molecule has 130 valence electrons. The maximum atomic E-state index is 10.6. The second kappa shape index (κ2) is 16.3. The Morgan fingerprint density at radius 3 is 1.50 bits per heavy atom. The molecule has 0 aromatic carbocycles.